The van der Waals surface area contributed by atoms with E-state index in [9.17, 15) is 48.0 Å². The van der Waals surface area contributed by atoms with Crippen LogP contribution in [0, 0.1) is 0 Å². The Labute approximate surface area is 323 Å². The van der Waals surface area contributed by atoms with Gasteiger partial charge < -0.3 is 14.2 Å². The van der Waals surface area contributed by atoms with E-state index < -0.39 is 36.6 Å². The summed E-state index contributed by atoms with van der Waals surface area (Å²) >= 11 is 0. The number of alkyl halides is 6. The van der Waals surface area contributed by atoms with Gasteiger partial charge in [0.2, 0.25) is 0 Å². The number of alkyl carbamates (subject to hydrolysis) is 1. The molecule has 0 saturated heterocycles. The number of hydrogen-bond acceptors (Lipinski definition) is 6. The molecule has 0 radical (unpaired) electrons. The van der Waals surface area contributed by atoms with Crippen LogP contribution in [-0.2, 0) is 43.3 Å². The van der Waals surface area contributed by atoms with Gasteiger partial charge in [0.25, 0.3) is 0 Å². The minimum absolute atomic E-state index is 0.348. The summed E-state index contributed by atoms with van der Waals surface area (Å²) in [5.41, 5.74) is -8.28. The highest BCUT2D eigenvalue weighted by Gasteiger charge is 2.47. The van der Waals surface area contributed by atoms with Crippen molar-refractivity contribution in [3.63, 3.8) is 0 Å². The molecular formula is C38H57F6N3O6S2. The normalized spacial score (nSPS) is 12.5. The molecule has 1 N–H and O–H groups in total. The number of aromatic nitrogens is 1. The van der Waals surface area contributed by atoms with E-state index in [4.69, 9.17) is 4.74 Å². The molecular weight excluding hydrogens is 773 g/mol. The van der Waals surface area contributed by atoms with Gasteiger partial charge in [0.1, 0.15) is 6.54 Å². The number of pyridine rings is 1. The Bertz CT molecular complexity index is 1640. The van der Waals surface area contributed by atoms with Crippen LogP contribution in [0.3, 0.4) is 0 Å². The van der Waals surface area contributed by atoms with Crippen molar-refractivity contribution in [2.75, 3.05) is 6.61 Å². The maximum Gasteiger partial charge on any atom is 0.480 e. The number of rotatable bonds is 23. The summed E-state index contributed by atoms with van der Waals surface area (Å²) in [7, 11) is -13.4. The second-order valence-corrected chi connectivity index (χ2v) is 17.4. The highest BCUT2D eigenvalue weighted by molar-refractivity contribution is 8.13. The second-order valence-electron chi connectivity index (χ2n) is 14.0. The summed E-state index contributed by atoms with van der Waals surface area (Å²) in [6.07, 6.45) is 23.2. The third kappa shape index (κ3) is 20.0. The standard InChI is InChI=1S/C36H56N2O2.C2F6NO4S2/c1-6-7-8-17-22-32-23-21-27-38(30-32)26-18-15-13-11-9-10-12-14-16-19-28-40-35(39)37-36(4,5)34-25-20-24-33(29-34)31(2)3;3-1(4,5)14(10,11)9-15(12,13)2(6,7)8/h20-21,23-25,27,29-30H,2,6-19,22,26,28H2,1,3-5H3;/q;-1/p+1. The zero-order chi connectivity index (χ0) is 41.8. The van der Waals surface area contributed by atoms with Crippen molar-refractivity contribution in [1.82, 2.24) is 5.32 Å². The van der Waals surface area contributed by atoms with Gasteiger partial charge in [-0.05, 0) is 69.7 Å². The molecule has 1 aromatic carbocycles. The Morgan fingerprint density at radius 1 is 0.782 bits per heavy atom. The van der Waals surface area contributed by atoms with Crippen molar-refractivity contribution >= 4 is 31.7 Å². The van der Waals surface area contributed by atoms with Crippen LogP contribution in [0.2, 0.25) is 0 Å². The minimum Gasteiger partial charge on any atom is -0.450 e. The number of amides is 1. The monoisotopic (exact) mass is 829 g/mol. The maximum atomic E-state index is 12.3. The SMILES string of the molecule is C=C(C)c1cccc(C(C)(C)NC(=O)OCCCCCCCCCCCC[n+]2cccc(CCCCCC)c2)c1.O=S(=O)([N-]S(=O)(=O)C(F)(F)F)C(F)(F)F. The first-order valence-electron chi connectivity index (χ1n) is 18.6. The lowest BCUT2D eigenvalue weighted by Gasteiger charge is -2.27. The van der Waals surface area contributed by atoms with Crippen molar-refractivity contribution in [2.45, 2.75) is 147 Å². The molecule has 2 rings (SSSR count). The lowest BCUT2D eigenvalue weighted by atomic mass is 9.92. The van der Waals surface area contributed by atoms with Crippen LogP contribution >= 0.6 is 0 Å². The fraction of sp³-hybridized carbons (Fsp3) is 0.632. The fourth-order valence-electron chi connectivity index (χ4n) is 5.35. The third-order valence-corrected chi connectivity index (χ3v) is 11.3. The second kappa shape index (κ2) is 23.8. The zero-order valence-corrected chi connectivity index (χ0v) is 33.9. The minimum atomic E-state index is -6.72. The number of allylic oxidation sites excluding steroid dienone is 1. The van der Waals surface area contributed by atoms with Crippen LogP contribution in [0.15, 0.2) is 55.4 Å². The molecule has 0 fully saturated rings. The number of nitrogens with zero attached hydrogens (tertiary/aromatic N) is 2. The van der Waals surface area contributed by atoms with Crippen LogP contribution in [0.25, 0.3) is 9.70 Å². The average Bonchev–Trinajstić information content (AvgIpc) is 3.07. The molecule has 9 nitrogen and oxygen atoms in total. The maximum absolute atomic E-state index is 12.3. The average molecular weight is 830 g/mol. The molecule has 0 unspecified atom stereocenters. The predicted octanol–water partition coefficient (Wildman–Crippen LogP) is 10.8. The summed E-state index contributed by atoms with van der Waals surface area (Å²) in [6.45, 7) is 13.9. The van der Waals surface area contributed by atoms with Crippen molar-refractivity contribution in [3.8, 4) is 0 Å². The number of carbonyl (C=O) groups is 1. The fourth-order valence-corrected chi connectivity index (χ4v) is 7.05. The van der Waals surface area contributed by atoms with Gasteiger partial charge in [0, 0.05) is 18.1 Å². The number of ether oxygens (including phenoxy) is 1. The molecule has 314 valence electrons. The van der Waals surface area contributed by atoms with Crippen LogP contribution in [0.1, 0.15) is 134 Å². The molecule has 55 heavy (non-hydrogen) atoms. The summed E-state index contributed by atoms with van der Waals surface area (Å²) in [6, 6.07) is 12.6. The molecule has 1 heterocycles. The third-order valence-electron chi connectivity index (χ3n) is 8.56. The molecule has 2 aromatic rings. The molecule has 1 aromatic heterocycles. The highest BCUT2D eigenvalue weighted by atomic mass is 32.3. The van der Waals surface area contributed by atoms with Crippen LogP contribution in [-0.4, -0.2) is 40.6 Å². The van der Waals surface area contributed by atoms with Gasteiger partial charge in [0.15, 0.2) is 32.4 Å². The Hall–Kier alpha value is -3.18. The van der Waals surface area contributed by atoms with Crippen LogP contribution < -0.4 is 9.88 Å². The molecule has 0 bridgehead atoms. The first-order valence-corrected chi connectivity index (χ1v) is 21.5. The van der Waals surface area contributed by atoms with Crippen molar-refractivity contribution in [3.05, 3.63) is 76.2 Å². The summed E-state index contributed by atoms with van der Waals surface area (Å²) in [5, 5.41) is 3.01. The number of benzene rings is 1. The van der Waals surface area contributed by atoms with E-state index in [1.54, 1.807) is 0 Å². The summed E-state index contributed by atoms with van der Waals surface area (Å²) < 4.78 is 117. The lowest BCUT2D eigenvalue weighted by Crippen LogP contribution is -2.41. The number of unbranched alkanes of at least 4 members (excludes halogenated alkanes) is 12. The van der Waals surface area contributed by atoms with Crippen molar-refractivity contribution in [2.24, 2.45) is 0 Å². The smallest absolute Gasteiger partial charge is 0.450 e. The Morgan fingerprint density at radius 2 is 1.31 bits per heavy atom. The number of aryl methyl sites for hydroxylation is 2. The van der Waals surface area contributed by atoms with Gasteiger partial charge in [-0.15, -0.1) is 0 Å². The Balaban J connectivity index is 0.000000848. The van der Waals surface area contributed by atoms with E-state index in [0.29, 0.717) is 6.61 Å². The van der Waals surface area contributed by atoms with Gasteiger partial charge in [-0.3, -0.25) is 0 Å². The van der Waals surface area contributed by atoms with E-state index in [1.165, 1.54) is 89.0 Å². The van der Waals surface area contributed by atoms with Gasteiger partial charge in [-0.2, -0.15) is 26.3 Å². The Morgan fingerprint density at radius 3 is 1.84 bits per heavy atom. The highest BCUT2D eigenvalue weighted by Crippen LogP contribution is 2.36. The zero-order valence-electron chi connectivity index (χ0n) is 32.3. The predicted molar refractivity (Wildman–Crippen MR) is 203 cm³/mol. The van der Waals surface area contributed by atoms with Gasteiger partial charge >= 0.3 is 17.1 Å². The molecule has 1 amide bonds. The molecule has 0 aliphatic carbocycles. The van der Waals surface area contributed by atoms with Crippen LogP contribution in [0.5, 0.6) is 0 Å². The molecule has 0 saturated carbocycles. The largest absolute Gasteiger partial charge is 0.480 e. The Kier molecular flexibility index (Phi) is 21.6. The first-order chi connectivity index (χ1) is 25.5. The van der Waals surface area contributed by atoms with E-state index >= 15 is 0 Å². The van der Waals surface area contributed by atoms with Gasteiger partial charge in [0.05, 0.1) is 12.1 Å². The number of carbonyl (C=O) groups excluding carboxylic acids is 1. The quantitative estimate of drug-likeness (QED) is 0.0675. The topological polar surface area (TPSA) is 125 Å². The van der Waals surface area contributed by atoms with E-state index in [-0.39, 0.29) is 6.09 Å². The van der Waals surface area contributed by atoms with Crippen molar-refractivity contribution in [1.29, 1.82) is 0 Å². The number of hydrogen-bond donors (Lipinski definition) is 1. The summed E-state index contributed by atoms with van der Waals surface area (Å²) in [4.78, 5) is 12.3. The number of nitrogens with one attached hydrogen (secondary N) is 1. The van der Waals surface area contributed by atoms with Crippen LogP contribution in [0.4, 0.5) is 31.1 Å². The molecule has 0 aliphatic rings. The molecule has 0 aliphatic heterocycles. The summed E-state index contributed by atoms with van der Waals surface area (Å²) in [5.74, 6) is 0. The molecule has 0 atom stereocenters. The molecule has 0 spiro atoms. The van der Waals surface area contributed by atoms with E-state index in [0.717, 1.165) is 40.2 Å². The van der Waals surface area contributed by atoms with Crippen molar-refractivity contribution < 1.29 is 57.3 Å². The van der Waals surface area contributed by atoms with Gasteiger partial charge in [-0.1, -0.05) is 101 Å². The first kappa shape index (κ1) is 49.8. The lowest BCUT2D eigenvalue weighted by molar-refractivity contribution is -0.697. The number of sulfonamides is 2. The van der Waals surface area contributed by atoms with Gasteiger partial charge in [-0.25, -0.2) is 26.2 Å². The van der Waals surface area contributed by atoms with E-state index in [2.05, 4.69) is 54.0 Å². The van der Waals surface area contributed by atoms with E-state index in [1.807, 2.05) is 39.0 Å². The number of halogens is 6. The molecule has 17 heteroatoms.